The van der Waals surface area contributed by atoms with Crippen LogP contribution >= 0.6 is 0 Å². The van der Waals surface area contributed by atoms with Crippen molar-refractivity contribution in [1.29, 1.82) is 0 Å². The van der Waals surface area contributed by atoms with E-state index in [4.69, 9.17) is 0 Å². The van der Waals surface area contributed by atoms with Crippen molar-refractivity contribution in [2.75, 3.05) is 26.2 Å². The van der Waals surface area contributed by atoms with Gasteiger partial charge in [0.15, 0.2) is 0 Å². The maximum Gasteiger partial charge on any atom is 0.0786 e. The number of hydrogen-bond donors (Lipinski definition) is 0. The van der Waals surface area contributed by atoms with Crippen molar-refractivity contribution in [3.05, 3.63) is 48.6 Å². The van der Waals surface area contributed by atoms with E-state index in [2.05, 4.69) is 77.2 Å². The van der Waals surface area contributed by atoms with Gasteiger partial charge in [-0.2, -0.15) is 0 Å². The molecule has 3 heteroatoms. The van der Waals surface area contributed by atoms with E-state index in [1.807, 2.05) is 6.08 Å². The zero-order chi connectivity index (χ0) is 29.3. The van der Waals surface area contributed by atoms with Gasteiger partial charge in [0.2, 0.25) is 0 Å². The highest BCUT2D eigenvalue weighted by atomic mass is 16.4. The van der Waals surface area contributed by atoms with Crippen LogP contribution in [0, 0.1) is 0 Å². The molecule has 0 rings (SSSR count). The lowest BCUT2D eigenvalue weighted by Crippen LogP contribution is -2.50. The Labute approximate surface area is 245 Å². The van der Waals surface area contributed by atoms with E-state index in [9.17, 15) is 9.90 Å². The molecule has 39 heavy (non-hydrogen) atoms. The Morgan fingerprint density at radius 2 is 0.821 bits per heavy atom. The Morgan fingerprint density at radius 3 is 1.15 bits per heavy atom. The Bertz CT molecular complexity index is 580. The summed E-state index contributed by atoms with van der Waals surface area (Å²) in [6.07, 6.45) is 38.1. The summed E-state index contributed by atoms with van der Waals surface area (Å²) in [6.45, 7) is 17.2. The number of unbranched alkanes of at least 4 members (excludes halogenated alkanes) is 8. The molecule has 0 amide bonds. The molecule has 0 heterocycles. The van der Waals surface area contributed by atoms with Crippen LogP contribution in [0.2, 0.25) is 0 Å². The van der Waals surface area contributed by atoms with Crippen LogP contribution < -0.4 is 5.11 Å². The van der Waals surface area contributed by atoms with Gasteiger partial charge in [0, 0.05) is 5.97 Å². The second-order valence-electron chi connectivity index (χ2n) is 11.0. The molecule has 0 aromatic rings. The first kappa shape index (κ1) is 39.5. The first-order valence-corrected chi connectivity index (χ1v) is 16.7. The number of carbonyl (C=O) groups excluding carboxylic acids is 1. The third-order valence-corrected chi connectivity index (χ3v) is 7.15. The Kier molecular flexibility index (Phi) is 33.0. The zero-order valence-electron chi connectivity index (χ0n) is 26.9. The van der Waals surface area contributed by atoms with Crippen LogP contribution in [0.4, 0.5) is 0 Å². The second kappa shape index (κ2) is 32.6. The van der Waals surface area contributed by atoms with Gasteiger partial charge in [-0.15, -0.1) is 0 Å². The smallest absolute Gasteiger partial charge is 0.0786 e. The van der Waals surface area contributed by atoms with Gasteiger partial charge in [0.25, 0.3) is 0 Å². The quantitative estimate of drug-likeness (QED) is 0.0616. The van der Waals surface area contributed by atoms with Crippen LogP contribution in [0.1, 0.15) is 150 Å². The molecule has 0 aliphatic carbocycles. The molecule has 0 aromatic heterocycles. The fourth-order valence-corrected chi connectivity index (χ4v) is 4.57. The Hall–Kier alpha value is -1.61. The number of carboxylic acid groups (broad SMARTS) is 1. The summed E-state index contributed by atoms with van der Waals surface area (Å²) in [6, 6.07) is 0. The zero-order valence-corrected chi connectivity index (χ0v) is 26.9. The minimum atomic E-state index is -0.962. The minimum Gasteiger partial charge on any atom is -0.550 e. The summed E-state index contributed by atoms with van der Waals surface area (Å²) in [7, 11) is 0. The summed E-state index contributed by atoms with van der Waals surface area (Å²) >= 11 is 0. The van der Waals surface area contributed by atoms with Gasteiger partial charge in [0.05, 0.1) is 26.2 Å². The molecule has 0 radical (unpaired) electrons. The lowest BCUT2D eigenvalue weighted by Gasteiger charge is -2.39. The highest BCUT2D eigenvalue weighted by molar-refractivity contribution is 5.64. The van der Waals surface area contributed by atoms with E-state index in [1.165, 1.54) is 108 Å². The lowest BCUT2D eigenvalue weighted by atomic mass is 10.1. The average molecular weight is 546 g/mol. The van der Waals surface area contributed by atoms with Crippen molar-refractivity contribution in [3.8, 4) is 0 Å². The molecule has 228 valence electrons. The summed E-state index contributed by atoms with van der Waals surface area (Å²) in [5, 5.41) is 10.2. The number of quaternary nitrogens is 1. The van der Waals surface area contributed by atoms with Gasteiger partial charge >= 0.3 is 0 Å². The molecular formula is C36H67NO2. The van der Waals surface area contributed by atoms with Gasteiger partial charge in [-0.05, 0) is 77.0 Å². The minimum absolute atomic E-state index is 0.151. The van der Waals surface area contributed by atoms with E-state index in [0.717, 1.165) is 25.7 Å². The average Bonchev–Trinajstić information content (AvgIpc) is 2.94. The molecule has 0 saturated carbocycles. The van der Waals surface area contributed by atoms with Gasteiger partial charge in [0.1, 0.15) is 0 Å². The molecule has 0 fully saturated rings. The number of hydrogen-bond acceptors (Lipinski definition) is 2. The number of nitrogens with zero attached hydrogens (tertiary/aromatic N) is 1. The van der Waals surface area contributed by atoms with Crippen LogP contribution in [0.25, 0.3) is 0 Å². The van der Waals surface area contributed by atoms with Crippen molar-refractivity contribution < 1.29 is 14.4 Å². The van der Waals surface area contributed by atoms with Crippen molar-refractivity contribution >= 4 is 5.97 Å². The third kappa shape index (κ3) is 30.8. The normalized spacial score (nSPS) is 12.2. The number of allylic oxidation sites excluding steroid dienone is 8. The van der Waals surface area contributed by atoms with E-state index in [-0.39, 0.29) is 6.42 Å². The largest absolute Gasteiger partial charge is 0.550 e. The molecule has 0 atom stereocenters. The van der Waals surface area contributed by atoms with E-state index >= 15 is 0 Å². The maximum atomic E-state index is 10.2. The fourth-order valence-electron chi connectivity index (χ4n) is 4.57. The second-order valence-corrected chi connectivity index (χ2v) is 11.0. The topological polar surface area (TPSA) is 40.1 Å². The standard InChI is InChI=1S/C20H32O2.C16H36N/c1-2-3-4-5-6-7-8-9-10-11-12-13-14-15-16-17-18-19-20(21)22;1-5-9-13-17(14-10-6-2,15-11-7-3)16-12-8-4/h6-7,9-10,12-13,15-16H,2-5,8,11,14,17-19H2,1H3,(H,21,22);5-16H2,1-4H3/q;+1/p-1. The number of carbonyl (C=O) groups is 1. The Balaban J connectivity index is 0. The van der Waals surface area contributed by atoms with Crippen molar-refractivity contribution in [2.24, 2.45) is 0 Å². The van der Waals surface area contributed by atoms with Crippen LogP contribution in [0.5, 0.6) is 0 Å². The molecule has 0 bridgehead atoms. The Morgan fingerprint density at radius 1 is 0.487 bits per heavy atom. The summed E-state index contributed by atoms with van der Waals surface area (Å²) in [5.41, 5.74) is 0. The molecular weight excluding hydrogens is 478 g/mol. The van der Waals surface area contributed by atoms with Crippen LogP contribution in [0.15, 0.2) is 48.6 Å². The molecule has 3 nitrogen and oxygen atoms in total. The molecule has 0 aliphatic rings. The SMILES string of the molecule is CCCCCC=CCC=CCC=CCC=CCCCC(=O)[O-].CCCC[N+](CCCC)(CCCC)CCCC. The van der Waals surface area contributed by atoms with E-state index < -0.39 is 5.97 Å². The molecule has 0 saturated heterocycles. The van der Waals surface area contributed by atoms with Gasteiger partial charge in [-0.25, -0.2) is 0 Å². The first-order valence-electron chi connectivity index (χ1n) is 16.7. The molecule has 0 unspecified atom stereocenters. The predicted octanol–water partition coefficient (Wildman–Crippen LogP) is 9.89. The number of carboxylic acids is 1. The van der Waals surface area contributed by atoms with E-state index in [1.54, 1.807) is 0 Å². The molecule has 0 aliphatic heterocycles. The summed E-state index contributed by atoms with van der Waals surface area (Å²) < 4.78 is 1.42. The highest BCUT2D eigenvalue weighted by Gasteiger charge is 2.24. The van der Waals surface area contributed by atoms with Crippen molar-refractivity contribution in [1.82, 2.24) is 0 Å². The fraction of sp³-hybridized carbons (Fsp3) is 0.750. The first-order chi connectivity index (χ1) is 19.0. The molecule has 0 spiro atoms. The summed E-state index contributed by atoms with van der Waals surface area (Å²) in [5.74, 6) is -0.962. The van der Waals surface area contributed by atoms with Gasteiger partial charge in [-0.3, -0.25) is 0 Å². The van der Waals surface area contributed by atoms with Crippen LogP contribution in [-0.2, 0) is 4.79 Å². The lowest BCUT2D eigenvalue weighted by molar-refractivity contribution is -0.929. The highest BCUT2D eigenvalue weighted by Crippen LogP contribution is 2.16. The number of rotatable bonds is 26. The van der Waals surface area contributed by atoms with E-state index in [0.29, 0.717) is 6.42 Å². The monoisotopic (exact) mass is 546 g/mol. The number of aliphatic carboxylic acids is 1. The van der Waals surface area contributed by atoms with Gasteiger partial charge < -0.3 is 14.4 Å². The third-order valence-electron chi connectivity index (χ3n) is 7.15. The van der Waals surface area contributed by atoms with Crippen LogP contribution in [0.3, 0.4) is 0 Å². The molecule has 0 aromatic carbocycles. The maximum absolute atomic E-state index is 10.2. The molecule has 0 N–H and O–H groups in total. The van der Waals surface area contributed by atoms with Crippen LogP contribution in [-0.4, -0.2) is 36.6 Å². The van der Waals surface area contributed by atoms with Crippen molar-refractivity contribution in [3.63, 3.8) is 0 Å². The van der Waals surface area contributed by atoms with Gasteiger partial charge in [-0.1, -0.05) is 122 Å². The van der Waals surface area contributed by atoms with Crippen molar-refractivity contribution in [2.45, 2.75) is 150 Å². The summed E-state index contributed by atoms with van der Waals surface area (Å²) in [4.78, 5) is 10.2. The predicted molar refractivity (Wildman–Crippen MR) is 173 cm³/mol.